The number of amides is 1. The third-order valence-electron chi connectivity index (χ3n) is 4.31. The molecule has 0 spiro atoms. The van der Waals surface area contributed by atoms with Crippen LogP contribution in [0.5, 0.6) is 0 Å². The normalized spacial score (nSPS) is 16.6. The van der Waals surface area contributed by atoms with E-state index in [0.29, 0.717) is 6.42 Å². The van der Waals surface area contributed by atoms with Gasteiger partial charge < -0.3 is 15.5 Å². The first-order valence-corrected chi connectivity index (χ1v) is 8.89. The molecule has 122 valence electrons. The van der Waals surface area contributed by atoms with Gasteiger partial charge in [-0.05, 0) is 79.9 Å². The maximum atomic E-state index is 12.0. The van der Waals surface area contributed by atoms with Crippen molar-refractivity contribution in [2.45, 2.75) is 25.7 Å². The molecule has 1 aliphatic heterocycles. The fourth-order valence-corrected chi connectivity index (χ4v) is 3.27. The van der Waals surface area contributed by atoms with Crippen LogP contribution >= 0.6 is 15.9 Å². The Balaban J connectivity index is 1.66. The second kappa shape index (κ2) is 9.28. The highest BCUT2D eigenvalue weighted by Crippen LogP contribution is 2.22. The molecule has 1 saturated heterocycles. The van der Waals surface area contributed by atoms with Gasteiger partial charge in [0.05, 0.1) is 5.69 Å². The molecule has 0 aliphatic carbocycles. The van der Waals surface area contributed by atoms with E-state index in [1.807, 2.05) is 31.3 Å². The number of para-hydroxylation sites is 1. The van der Waals surface area contributed by atoms with Crippen molar-refractivity contribution in [1.82, 2.24) is 10.2 Å². The van der Waals surface area contributed by atoms with Gasteiger partial charge in [0.2, 0.25) is 5.91 Å². The van der Waals surface area contributed by atoms with Gasteiger partial charge in [-0.1, -0.05) is 12.1 Å². The van der Waals surface area contributed by atoms with Crippen molar-refractivity contribution in [2.75, 3.05) is 38.5 Å². The van der Waals surface area contributed by atoms with Crippen LogP contribution in [0.2, 0.25) is 0 Å². The van der Waals surface area contributed by atoms with E-state index in [-0.39, 0.29) is 5.91 Å². The highest BCUT2D eigenvalue weighted by molar-refractivity contribution is 9.10. The summed E-state index contributed by atoms with van der Waals surface area (Å²) in [7, 11) is 2.01. The predicted octanol–water partition coefficient (Wildman–Crippen LogP) is 3.10. The number of benzene rings is 1. The maximum Gasteiger partial charge on any atom is 0.225 e. The van der Waals surface area contributed by atoms with Crippen molar-refractivity contribution < 1.29 is 4.79 Å². The first-order chi connectivity index (χ1) is 10.7. The summed E-state index contributed by atoms with van der Waals surface area (Å²) in [5, 5.41) is 6.19. The van der Waals surface area contributed by atoms with E-state index in [4.69, 9.17) is 0 Å². The van der Waals surface area contributed by atoms with Gasteiger partial charge in [-0.15, -0.1) is 0 Å². The lowest BCUT2D eigenvalue weighted by Gasteiger charge is -2.31. The lowest BCUT2D eigenvalue weighted by molar-refractivity contribution is -0.116. The topological polar surface area (TPSA) is 44.4 Å². The number of hydrogen-bond donors (Lipinski definition) is 2. The number of nitrogens with one attached hydrogen (secondary N) is 2. The molecular formula is C17H26BrN3O. The lowest BCUT2D eigenvalue weighted by atomic mass is 9.93. The molecule has 0 atom stereocenters. The molecule has 1 fully saturated rings. The van der Waals surface area contributed by atoms with E-state index in [0.717, 1.165) is 42.3 Å². The lowest BCUT2D eigenvalue weighted by Crippen LogP contribution is -2.36. The Labute approximate surface area is 141 Å². The zero-order valence-electron chi connectivity index (χ0n) is 13.3. The highest BCUT2D eigenvalue weighted by Gasteiger charge is 2.19. The van der Waals surface area contributed by atoms with Crippen molar-refractivity contribution in [3.05, 3.63) is 28.7 Å². The Hall–Kier alpha value is -0.910. The molecule has 0 saturated carbocycles. The molecule has 0 bridgehead atoms. The third kappa shape index (κ3) is 5.71. The molecule has 2 rings (SSSR count). The van der Waals surface area contributed by atoms with Crippen LogP contribution in [0.25, 0.3) is 0 Å². The number of piperidine rings is 1. The zero-order valence-corrected chi connectivity index (χ0v) is 14.9. The van der Waals surface area contributed by atoms with E-state index >= 15 is 0 Å². The van der Waals surface area contributed by atoms with Gasteiger partial charge in [0.15, 0.2) is 0 Å². The average Bonchev–Trinajstić information content (AvgIpc) is 2.54. The molecule has 2 N–H and O–H groups in total. The Morgan fingerprint density at radius 2 is 2.05 bits per heavy atom. The van der Waals surface area contributed by atoms with Crippen LogP contribution in [0.4, 0.5) is 5.69 Å². The molecule has 1 aromatic rings. The average molecular weight is 368 g/mol. The number of carbonyl (C=O) groups excluding carboxylic acids is 1. The van der Waals surface area contributed by atoms with Gasteiger partial charge in [-0.25, -0.2) is 0 Å². The van der Waals surface area contributed by atoms with Crippen molar-refractivity contribution in [2.24, 2.45) is 5.92 Å². The minimum absolute atomic E-state index is 0.0872. The summed E-state index contributed by atoms with van der Waals surface area (Å²) in [6.45, 7) is 4.21. The smallest absolute Gasteiger partial charge is 0.225 e. The first kappa shape index (κ1) is 17.4. The number of anilines is 1. The molecule has 0 radical (unpaired) electrons. The number of likely N-dealkylation sites (tertiary alicyclic amines) is 1. The molecule has 4 nitrogen and oxygen atoms in total. The maximum absolute atomic E-state index is 12.0. The third-order valence-corrected chi connectivity index (χ3v) is 5.00. The molecule has 0 unspecified atom stereocenters. The Morgan fingerprint density at radius 1 is 1.32 bits per heavy atom. The zero-order chi connectivity index (χ0) is 15.8. The molecule has 5 heteroatoms. The SMILES string of the molecule is CNCCC1CCN(CCC(=O)Nc2ccccc2Br)CC1. The fourth-order valence-electron chi connectivity index (χ4n) is 2.88. The number of hydrogen-bond acceptors (Lipinski definition) is 3. The van der Waals surface area contributed by atoms with Gasteiger partial charge in [0.25, 0.3) is 0 Å². The molecule has 0 aromatic heterocycles. The van der Waals surface area contributed by atoms with Crippen LogP contribution < -0.4 is 10.6 Å². The van der Waals surface area contributed by atoms with Gasteiger partial charge in [-0.3, -0.25) is 4.79 Å². The Morgan fingerprint density at radius 3 is 2.73 bits per heavy atom. The van der Waals surface area contributed by atoms with Gasteiger partial charge in [0.1, 0.15) is 0 Å². The van der Waals surface area contributed by atoms with Gasteiger partial charge in [-0.2, -0.15) is 0 Å². The molecule has 1 aromatic carbocycles. The number of carbonyl (C=O) groups is 1. The van der Waals surface area contributed by atoms with Crippen LogP contribution in [0.1, 0.15) is 25.7 Å². The summed E-state index contributed by atoms with van der Waals surface area (Å²) in [4.78, 5) is 14.5. The molecule has 1 amide bonds. The van der Waals surface area contributed by atoms with Crippen molar-refractivity contribution in [3.63, 3.8) is 0 Å². The Bertz CT molecular complexity index is 473. The van der Waals surface area contributed by atoms with E-state index in [1.165, 1.54) is 19.3 Å². The second-order valence-corrected chi connectivity index (χ2v) is 6.81. The van der Waals surface area contributed by atoms with Crippen molar-refractivity contribution in [1.29, 1.82) is 0 Å². The molecule has 22 heavy (non-hydrogen) atoms. The van der Waals surface area contributed by atoms with E-state index in [2.05, 4.69) is 31.5 Å². The van der Waals surface area contributed by atoms with Crippen LogP contribution in [0, 0.1) is 5.92 Å². The summed E-state index contributed by atoms with van der Waals surface area (Å²) in [6.07, 6.45) is 4.34. The number of nitrogens with zero attached hydrogens (tertiary/aromatic N) is 1. The monoisotopic (exact) mass is 367 g/mol. The van der Waals surface area contributed by atoms with Gasteiger partial charge in [0, 0.05) is 17.4 Å². The first-order valence-electron chi connectivity index (χ1n) is 8.10. The predicted molar refractivity (Wildman–Crippen MR) is 95.1 cm³/mol. The van der Waals surface area contributed by atoms with Crippen LogP contribution in [-0.4, -0.2) is 44.0 Å². The molecule has 1 aliphatic rings. The number of rotatable bonds is 7. The minimum Gasteiger partial charge on any atom is -0.325 e. The summed E-state index contributed by atoms with van der Waals surface area (Å²) in [6, 6.07) is 7.72. The largest absolute Gasteiger partial charge is 0.325 e. The van der Waals surface area contributed by atoms with E-state index in [9.17, 15) is 4.79 Å². The standard InChI is InChI=1S/C17H26BrN3O/c1-19-10-6-14-7-11-21(12-8-14)13-9-17(22)20-16-5-3-2-4-15(16)18/h2-5,14,19H,6-13H2,1H3,(H,20,22). The molecular weight excluding hydrogens is 342 g/mol. The van der Waals surface area contributed by atoms with Crippen molar-refractivity contribution in [3.8, 4) is 0 Å². The second-order valence-electron chi connectivity index (χ2n) is 5.96. The van der Waals surface area contributed by atoms with E-state index in [1.54, 1.807) is 0 Å². The summed E-state index contributed by atoms with van der Waals surface area (Å²) in [5.74, 6) is 0.932. The van der Waals surface area contributed by atoms with Gasteiger partial charge >= 0.3 is 0 Å². The highest BCUT2D eigenvalue weighted by atomic mass is 79.9. The summed E-state index contributed by atoms with van der Waals surface area (Å²) < 4.78 is 0.925. The Kier molecular flexibility index (Phi) is 7.36. The summed E-state index contributed by atoms with van der Waals surface area (Å²) >= 11 is 3.45. The van der Waals surface area contributed by atoms with Crippen molar-refractivity contribution >= 4 is 27.5 Å². The van der Waals surface area contributed by atoms with E-state index < -0.39 is 0 Å². The minimum atomic E-state index is 0.0872. The van der Waals surface area contributed by atoms with Crippen LogP contribution in [-0.2, 0) is 4.79 Å². The van der Waals surface area contributed by atoms with Crippen LogP contribution in [0.3, 0.4) is 0 Å². The molecule has 1 heterocycles. The number of halogens is 1. The quantitative estimate of drug-likeness (QED) is 0.778. The fraction of sp³-hybridized carbons (Fsp3) is 0.588. The summed E-state index contributed by atoms with van der Waals surface area (Å²) in [5.41, 5.74) is 0.846. The van der Waals surface area contributed by atoms with Crippen LogP contribution in [0.15, 0.2) is 28.7 Å².